The van der Waals surface area contributed by atoms with Crippen molar-refractivity contribution in [2.24, 2.45) is 0 Å². The Morgan fingerprint density at radius 2 is 2.00 bits per heavy atom. The van der Waals surface area contributed by atoms with Gasteiger partial charge in [0.15, 0.2) is 5.78 Å². The lowest BCUT2D eigenvalue weighted by molar-refractivity contribution is 0.101. The molecule has 0 aromatic carbocycles. The summed E-state index contributed by atoms with van der Waals surface area (Å²) < 4.78 is 1.40. The van der Waals surface area contributed by atoms with Crippen molar-refractivity contribution < 1.29 is 4.79 Å². The Morgan fingerprint density at radius 3 is 2.41 bits per heavy atom. The van der Waals surface area contributed by atoms with Gasteiger partial charge in [-0.3, -0.25) is 9.59 Å². The highest BCUT2D eigenvalue weighted by atomic mass is 16.1. The summed E-state index contributed by atoms with van der Waals surface area (Å²) in [5.74, 6) is -0.201. The molecule has 94 valence electrons. The highest BCUT2D eigenvalue weighted by Crippen LogP contribution is 2.19. The van der Waals surface area contributed by atoms with Gasteiger partial charge in [-0.1, -0.05) is 27.7 Å². The Bertz CT molecular complexity index is 481. The molecule has 0 aliphatic rings. The zero-order chi connectivity index (χ0) is 13.2. The van der Waals surface area contributed by atoms with E-state index < -0.39 is 0 Å². The minimum atomic E-state index is -0.285. The number of aryl methyl sites for hydroxylation is 1. The highest BCUT2D eigenvalue weighted by molar-refractivity contribution is 5.93. The van der Waals surface area contributed by atoms with Crippen molar-refractivity contribution in [3.63, 3.8) is 0 Å². The standard InChI is InChI=1S/C13H20N2O2/c1-6-7-15-12(17)10(9(2)16)8-11(14-15)13(3,4)5/h8H,6-7H2,1-5H3. The van der Waals surface area contributed by atoms with E-state index in [1.807, 2.05) is 27.7 Å². The first kappa shape index (κ1) is 13.6. The fourth-order valence-corrected chi connectivity index (χ4v) is 1.52. The topological polar surface area (TPSA) is 52.0 Å². The van der Waals surface area contributed by atoms with Gasteiger partial charge in [-0.2, -0.15) is 5.10 Å². The first-order valence-electron chi connectivity index (χ1n) is 5.91. The molecule has 0 spiro atoms. The lowest BCUT2D eigenvalue weighted by Crippen LogP contribution is -2.31. The van der Waals surface area contributed by atoms with Crippen molar-refractivity contribution in [1.29, 1.82) is 0 Å². The average Bonchev–Trinajstić information content (AvgIpc) is 2.19. The highest BCUT2D eigenvalue weighted by Gasteiger charge is 2.20. The molecule has 4 heteroatoms. The van der Waals surface area contributed by atoms with Gasteiger partial charge in [0.2, 0.25) is 0 Å². The van der Waals surface area contributed by atoms with Gasteiger partial charge in [-0.05, 0) is 19.4 Å². The van der Waals surface area contributed by atoms with Crippen LogP contribution in [0.4, 0.5) is 0 Å². The summed E-state index contributed by atoms with van der Waals surface area (Å²) in [5.41, 5.74) is 0.550. The molecule has 1 aromatic rings. The van der Waals surface area contributed by atoms with E-state index in [4.69, 9.17) is 0 Å². The Balaban J connectivity index is 3.48. The molecule has 0 amide bonds. The number of carbonyl (C=O) groups is 1. The van der Waals surface area contributed by atoms with Crippen LogP contribution in [-0.4, -0.2) is 15.6 Å². The van der Waals surface area contributed by atoms with Crippen LogP contribution in [0.3, 0.4) is 0 Å². The van der Waals surface area contributed by atoms with Gasteiger partial charge in [0.1, 0.15) is 0 Å². The minimum absolute atomic E-state index is 0.173. The summed E-state index contributed by atoms with van der Waals surface area (Å²) >= 11 is 0. The quantitative estimate of drug-likeness (QED) is 0.756. The Labute approximate surface area is 102 Å². The Kier molecular flexibility index (Phi) is 3.86. The maximum Gasteiger partial charge on any atom is 0.277 e. The van der Waals surface area contributed by atoms with Crippen molar-refractivity contribution >= 4 is 5.78 Å². The maximum atomic E-state index is 12.0. The molecule has 0 saturated heterocycles. The van der Waals surface area contributed by atoms with Crippen LogP contribution in [0.1, 0.15) is 57.1 Å². The molecular formula is C13H20N2O2. The Morgan fingerprint density at radius 1 is 1.41 bits per heavy atom. The van der Waals surface area contributed by atoms with Gasteiger partial charge in [0, 0.05) is 12.0 Å². The number of ketones is 1. The van der Waals surface area contributed by atoms with E-state index >= 15 is 0 Å². The third-order valence-electron chi connectivity index (χ3n) is 2.56. The van der Waals surface area contributed by atoms with Crippen LogP contribution in [-0.2, 0) is 12.0 Å². The molecule has 0 aliphatic carbocycles. The number of hydrogen-bond acceptors (Lipinski definition) is 3. The molecular weight excluding hydrogens is 216 g/mol. The number of rotatable bonds is 3. The maximum absolute atomic E-state index is 12.0. The number of Topliss-reactive ketones (excluding diaryl/α,β-unsaturated/α-hetero) is 1. The van der Waals surface area contributed by atoms with Crippen LogP contribution in [0.25, 0.3) is 0 Å². The van der Waals surface area contributed by atoms with E-state index in [-0.39, 0.29) is 22.3 Å². The van der Waals surface area contributed by atoms with Crippen molar-refractivity contribution in [2.45, 2.75) is 53.0 Å². The van der Waals surface area contributed by atoms with Crippen LogP contribution in [0.2, 0.25) is 0 Å². The predicted molar refractivity (Wildman–Crippen MR) is 67.5 cm³/mol. The lowest BCUT2D eigenvalue weighted by Gasteiger charge is -2.19. The summed E-state index contributed by atoms with van der Waals surface area (Å²) in [6.45, 7) is 9.98. The van der Waals surface area contributed by atoms with Gasteiger partial charge in [-0.25, -0.2) is 4.68 Å². The molecule has 0 unspecified atom stereocenters. The SMILES string of the molecule is CCCn1nc(C(C)(C)C)cc(C(C)=O)c1=O. The summed E-state index contributed by atoms with van der Waals surface area (Å²) in [5, 5.41) is 4.33. The molecule has 1 aromatic heterocycles. The molecule has 0 saturated carbocycles. The molecule has 1 rings (SSSR count). The van der Waals surface area contributed by atoms with E-state index in [2.05, 4.69) is 5.10 Å². The zero-order valence-corrected chi connectivity index (χ0v) is 11.2. The van der Waals surface area contributed by atoms with E-state index in [0.717, 1.165) is 12.1 Å². The van der Waals surface area contributed by atoms with Gasteiger partial charge in [0.05, 0.1) is 11.3 Å². The molecule has 0 radical (unpaired) electrons. The van der Waals surface area contributed by atoms with Gasteiger partial charge in [-0.15, -0.1) is 0 Å². The molecule has 0 fully saturated rings. The largest absolute Gasteiger partial charge is 0.294 e. The summed E-state index contributed by atoms with van der Waals surface area (Å²) in [4.78, 5) is 23.4. The molecule has 0 aliphatic heterocycles. The molecule has 17 heavy (non-hydrogen) atoms. The van der Waals surface area contributed by atoms with Crippen molar-refractivity contribution in [3.8, 4) is 0 Å². The molecule has 4 nitrogen and oxygen atoms in total. The van der Waals surface area contributed by atoms with Crippen molar-refractivity contribution in [2.75, 3.05) is 0 Å². The van der Waals surface area contributed by atoms with E-state index in [0.29, 0.717) is 6.54 Å². The van der Waals surface area contributed by atoms with Gasteiger partial charge < -0.3 is 0 Å². The van der Waals surface area contributed by atoms with E-state index in [1.54, 1.807) is 6.07 Å². The Hall–Kier alpha value is -1.45. The summed E-state index contributed by atoms with van der Waals surface area (Å²) in [7, 11) is 0. The fraction of sp³-hybridized carbons (Fsp3) is 0.615. The second-order valence-electron chi connectivity index (χ2n) is 5.28. The predicted octanol–water partition coefficient (Wildman–Crippen LogP) is 2.15. The monoisotopic (exact) mass is 236 g/mol. The normalized spacial score (nSPS) is 11.6. The van der Waals surface area contributed by atoms with Crippen molar-refractivity contribution in [3.05, 3.63) is 27.7 Å². The van der Waals surface area contributed by atoms with E-state index in [1.165, 1.54) is 11.6 Å². The van der Waals surface area contributed by atoms with Gasteiger partial charge in [0.25, 0.3) is 5.56 Å². The van der Waals surface area contributed by atoms with Crippen LogP contribution < -0.4 is 5.56 Å². The zero-order valence-electron chi connectivity index (χ0n) is 11.2. The number of aromatic nitrogens is 2. The molecule has 0 atom stereocenters. The third kappa shape index (κ3) is 3.02. The smallest absolute Gasteiger partial charge is 0.277 e. The van der Waals surface area contributed by atoms with Crippen molar-refractivity contribution in [1.82, 2.24) is 9.78 Å². The third-order valence-corrected chi connectivity index (χ3v) is 2.56. The van der Waals surface area contributed by atoms with E-state index in [9.17, 15) is 9.59 Å². The first-order chi connectivity index (χ1) is 7.77. The minimum Gasteiger partial charge on any atom is -0.294 e. The molecule has 0 N–H and O–H groups in total. The first-order valence-corrected chi connectivity index (χ1v) is 5.91. The number of nitrogens with zero attached hydrogens (tertiary/aromatic N) is 2. The van der Waals surface area contributed by atoms with Crippen LogP contribution in [0, 0.1) is 0 Å². The fourth-order valence-electron chi connectivity index (χ4n) is 1.52. The second kappa shape index (κ2) is 4.82. The van der Waals surface area contributed by atoms with Gasteiger partial charge >= 0.3 is 0 Å². The lowest BCUT2D eigenvalue weighted by atomic mass is 9.91. The molecule has 0 bridgehead atoms. The molecule has 1 heterocycles. The van der Waals surface area contributed by atoms with Crippen LogP contribution in [0.5, 0.6) is 0 Å². The van der Waals surface area contributed by atoms with Crippen LogP contribution in [0.15, 0.2) is 10.9 Å². The summed E-state index contributed by atoms with van der Waals surface area (Å²) in [6.07, 6.45) is 0.817. The second-order valence-corrected chi connectivity index (χ2v) is 5.28. The number of hydrogen-bond donors (Lipinski definition) is 0. The summed E-state index contributed by atoms with van der Waals surface area (Å²) in [6, 6.07) is 1.62. The number of carbonyl (C=O) groups excluding carboxylic acids is 1. The average molecular weight is 236 g/mol. The van der Waals surface area contributed by atoms with Crippen LogP contribution >= 0.6 is 0 Å².